The van der Waals surface area contributed by atoms with Crippen LogP contribution in [0.1, 0.15) is 37.1 Å². The summed E-state index contributed by atoms with van der Waals surface area (Å²) in [5.41, 5.74) is 1.29. The van der Waals surface area contributed by atoms with Gasteiger partial charge in [-0.3, -0.25) is 4.79 Å². The zero-order valence-electron chi connectivity index (χ0n) is 16.2. The van der Waals surface area contributed by atoms with Gasteiger partial charge in [-0.15, -0.1) is 0 Å². The average molecular weight is 395 g/mol. The number of benzene rings is 2. The molecule has 1 amide bonds. The van der Waals surface area contributed by atoms with Gasteiger partial charge in [0.15, 0.2) is 5.82 Å². The summed E-state index contributed by atoms with van der Waals surface area (Å²) in [6.07, 6.45) is 1.27. The van der Waals surface area contributed by atoms with E-state index in [-0.39, 0.29) is 23.3 Å². The van der Waals surface area contributed by atoms with Crippen LogP contribution in [0, 0.1) is 5.82 Å². The molecule has 0 saturated carbocycles. The Labute approximate surface area is 168 Å². The van der Waals surface area contributed by atoms with Crippen LogP contribution in [-0.2, 0) is 11.3 Å². The smallest absolute Gasteiger partial charge is 0.260 e. The van der Waals surface area contributed by atoms with E-state index in [0.717, 1.165) is 17.7 Å². The first-order valence-corrected chi connectivity index (χ1v) is 9.72. The normalized spacial score (nSPS) is 16.4. The minimum atomic E-state index is -0.418. The summed E-state index contributed by atoms with van der Waals surface area (Å²) >= 11 is 0. The van der Waals surface area contributed by atoms with Gasteiger partial charge in [0, 0.05) is 25.4 Å². The van der Waals surface area contributed by atoms with Gasteiger partial charge < -0.3 is 14.2 Å². The maximum absolute atomic E-state index is 13.9. The molecule has 2 heterocycles. The largest absolute Gasteiger partial charge is 0.494 e. The van der Waals surface area contributed by atoms with Crippen molar-refractivity contribution >= 4 is 5.91 Å². The van der Waals surface area contributed by atoms with Gasteiger partial charge in [0.2, 0.25) is 5.91 Å². The Morgan fingerprint density at radius 3 is 2.76 bits per heavy atom. The van der Waals surface area contributed by atoms with Crippen LogP contribution in [0.15, 0.2) is 53.1 Å². The molecule has 1 fully saturated rings. The highest BCUT2D eigenvalue weighted by Gasteiger charge is 2.34. The third kappa shape index (κ3) is 4.29. The Morgan fingerprint density at radius 1 is 1.21 bits per heavy atom. The predicted octanol–water partition coefficient (Wildman–Crippen LogP) is 4.18. The minimum absolute atomic E-state index is 0.0403. The lowest BCUT2D eigenvalue weighted by Crippen LogP contribution is -2.24. The second kappa shape index (κ2) is 8.43. The Kier molecular flexibility index (Phi) is 5.55. The molecule has 3 aromatic rings. The highest BCUT2D eigenvalue weighted by atomic mass is 19.1. The lowest BCUT2D eigenvalue weighted by molar-refractivity contribution is -0.128. The molecular formula is C22H22FN3O3. The first-order valence-electron chi connectivity index (χ1n) is 9.72. The molecule has 4 rings (SSSR count). The molecule has 0 spiro atoms. The number of amides is 1. The third-order valence-corrected chi connectivity index (χ3v) is 4.90. The number of halogens is 1. The zero-order valence-corrected chi connectivity index (χ0v) is 16.2. The number of carbonyl (C=O) groups excluding carboxylic acids is 1. The number of hydrogen-bond donors (Lipinski definition) is 0. The van der Waals surface area contributed by atoms with Crippen molar-refractivity contribution in [3.63, 3.8) is 0 Å². The van der Waals surface area contributed by atoms with E-state index in [2.05, 4.69) is 17.1 Å². The summed E-state index contributed by atoms with van der Waals surface area (Å²) in [5.74, 6) is 0.846. The van der Waals surface area contributed by atoms with Crippen LogP contribution < -0.4 is 4.74 Å². The van der Waals surface area contributed by atoms with Gasteiger partial charge in [0.25, 0.3) is 5.89 Å². The molecule has 29 heavy (non-hydrogen) atoms. The molecule has 6 nitrogen and oxygen atoms in total. The Morgan fingerprint density at radius 2 is 2.00 bits per heavy atom. The van der Waals surface area contributed by atoms with Crippen LogP contribution in [-0.4, -0.2) is 34.1 Å². The number of ether oxygens (including phenoxy) is 1. The van der Waals surface area contributed by atoms with E-state index >= 15 is 0 Å². The molecular weight excluding hydrogens is 373 g/mol. The van der Waals surface area contributed by atoms with E-state index in [1.54, 1.807) is 23.1 Å². The number of hydrogen-bond acceptors (Lipinski definition) is 5. The molecule has 0 bridgehead atoms. The third-order valence-electron chi connectivity index (χ3n) is 4.90. The SMILES string of the molecule is CCCOc1ccc(CN2CC(c3noc(-c4ccccc4F)n3)CC2=O)cc1. The van der Waals surface area contributed by atoms with Crippen molar-refractivity contribution in [3.8, 4) is 17.2 Å². The first kappa shape index (κ1) is 19.1. The van der Waals surface area contributed by atoms with Crippen LogP contribution in [0.4, 0.5) is 4.39 Å². The first-order chi connectivity index (χ1) is 14.1. The maximum atomic E-state index is 13.9. The molecule has 0 aliphatic carbocycles. The maximum Gasteiger partial charge on any atom is 0.260 e. The molecule has 150 valence electrons. The van der Waals surface area contributed by atoms with Gasteiger partial charge in [-0.2, -0.15) is 4.98 Å². The Bertz CT molecular complexity index is 987. The number of likely N-dealkylation sites (tertiary alicyclic amines) is 1. The van der Waals surface area contributed by atoms with E-state index < -0.39 is 5.82 Å². The number of rotatable bonds is 7. The lowest BCUT2D eigenvalue weighted by Gasteiger charge is -2.16. The number of carbonyl (C=O) groups is 1. The topological polar surface area (TPSA) is 68.5 Å². The molecule has 1 atom stereocenters. The van der Waals surface area contributed by atoms with Crippen molar-refractivity contribution in [3.05, 3.63) is 65.7 Å². The van der Waals surface area contributed by atoms with Crippen molar-refractivity contribution in [2.45, 2.75) is 32.2 Å². The fourth-order valence-electron chi connectivity index (χ4n) is 3.37. The van der Waals surface area contributed by atoms with Gasteiger partial charge in [-0.05, 0) is 36.2 Å². The molecule has 1 saturated heterocycles. The van der Waals surface area contributed by atoms with Crippen molar-refractivity contribution in [1.82, 2.24) is 15.0 Å². The fraction of sp³-hybridized carbons (Fsp3) is 0.318. The summed E-state index contributed by atoms with van der Waals surface area (Å²) < 4.78 is 24.7. The van der Waals surface area contributed by atoms with E-state index in [1.165, 1.54) is 6.07 Å². The molecule has 2 aromatic carbocycles. The Balaban J connectivity index is 1.41. The van der Waals surface area contributed by atoms with Crippen molar-refractivity contribution in [2.75, 3.05) is 13.2 Å². The summed E-state index contributed by atoms with van der Waals surface area (Å²) in [6, 6.07) is 14.0. The molecule has 0 radical (unpaired) electrons. The molecule has 7 heteroatoms. The highest BCUT2D eigenvalue weighted by molar-refractivity contribution is 5.79. The fourth-order valence-corrected chi connectivity index (χ4v) is 3.37. The average Bonchev–Trinajstić information content (AvgIpc) is 3.35. The van der Waals surface area contributed by atoms with Crippen molar-refractivity contribution in [2.24, 2.45) is 0 Å². The van der Waals surface area contributed by atoms with Crippen LogP contribution in [0.25, 0.3) is 11.5 Å². The van der Waals surface area contributed by atoms with Crippen LogP contribution in [0.2, 0.25) is 0 Å². The van der Waals surface area contributed by atoms with Crippen LogP contribution in [0.5, 0.6) is 5.75 Å². The highest BCUT2D eigenvalue weighted by Crippen LogP contribution is 2.30. The summed E-state index contributed by atoms with van der Waals surface area (Å²) in [7, 11) is 0. The van der Waals surface area contributed by atoms with Gasteiger partial charge >= 0.3 is 0 Å². The van der Waals surface area contributed by atoms with E-state index in [4.69, 9.17) is 9.26 Å². The Hall–Kier alpha value is -3.22. The summed E-state index contributed by atoms with van der Waals surface area (Å²) in [5, 5.41) is 3.98. The second-order valence-electron chi connectivity index (χ2n) is 7.11. The molecule has 1 aliphatic heterocycles. The van der Waals surface area contributed by atoms with Gasteiger partial charge in [-0.1, -0.05) is 36.3 Å². The standard InChI is InChI=1S/C22H22FN3O3/c1-2-11-28-17-9-7-15(8-10-17)13-26-14-16(12-20(26)27)21-24-22(29-25-21)18-5-3-4-6-19(18)23/h3-10,16H,2,11-14H2,1H3. The van der Waals surface area contributed by atoms with Crippen LogP contribution in [0.3, 0.4) is 0 Å². The van der Waals surface area contributed by atoms with Crippen LogP contribution >= 0.6 is 0 Å². The summed E-state index contributed by atoms with van der Waals surface area (Å²) in [6.45, 7) is 3.77. The monoisotopic (exact) mass is 395 g/mol. The second-order valence-corrected chi connectivity index (χ2v) is 7.11. The molecule has 1 aliphatic rings. The lowest BCUT2D eigenvalue weighted by atomic mass is 10.1. The van der Waals surface area contributed by atoms with E-state index in [9.17, 15) is 9.18 Å². The van der Waals surface area contributed by atoms with Gasteiger partial charge in [0.1, 0.15) is 11.6 Å². The minimum Gasteiger partial charge on any atom is -0.494 e. The predicted molar refractivity (Wildman–Crippen MR) is 105 cm³/mol. The molecule has 0 N–H and O–H groups in total. The van der Waals surface area contributed by atoms with Crippen molar-refractivity contribution < 1.29 is 18.4 Å². The number of nitrogens with zero attached hydrogens (tertiary/aromatic N) is 3. The zero-order chi connectivity index (χ0) is 20.2. The van der Waals surface area contributed by atoms with E-state index in [1.807, 2.05) is 24.3 Å². The quantitative estimate of drug-likeness (QED) is 0.600. The molecule has 1 unspecified atom stereocenters. The van der Waals surface area contributed by atoms with Crippen molar-refractivity contribution in [1.29, 1.82) is 0 Å². The van der Waals surface area contributed by atoms with Gasteiger partial charge in [-0.25, -0.2) is 4.39 Å². The molecule has 1 aromatic heterocycles. The van der Waals surface area contributed by atoms with E-state index in [0.29, 0.717) is 31.9 Å². The van der Waals surface area contributed by atoms with Gasteiger partial charge in [0.05, 0.1) is 12.2 Å². The summed E-state index contributed by atoms with van der Waals surface area (Å²) in [4.78, 5) is 18.6. The number of aromatic nitrogens is 2.